The number of rotatable bonds is 3. The predicted octanol–water partition coefficient (Wildman–Crippen LogP) is 3.64. The first-order valence-electron chi connectivity index (χ1n) is 9.97. The number of nitrogens with one attached hydrogen (secondary N) is 2. The molecule has 1 saturated heterocycles. The van der Waals surface area contributed by atoms with Gasteiger partial charge < -0.3 is 10.3 Å². The summed E-state index contributed by atoms with van der Waals surface area (Å²) in [6.07, 6.45) is 5.78. The maximum atomic E-state index is 12.9. The van der Waals surface area contributed by atoms with Gasteiger partial charge >= 0.3 is 0 Å². The summed E-state index contributed by atoms with van der Waals surface area (Å²) in [5, 5.41) is 4.09. The third-order valence-corrected chi connectivity index (χ3v) is 6.23. The van der Waals surface area contributed by atoms with Gasteiger partial charge in [-0.15, -0.1) is 0 Å². The summed E-state index contributed by atoms with van der Waals surface area (Å²) in [6, 6.07) is 12.0. The van der Waals surface area contributed by atoms with Gasteiger partial charge in [-0.3, -0.25) is 14.6 Å². The third kappa shape index (κ3) is 2.73. The number of H-pyrrole nitrogens is 1. The van der Waals surface area contributed by atoms with Crippen LogP contribution in [0.25, 0.3) is 22.2 Å². The molecule has 0 bridgehead atoms. The van der Waals surface area contributed by atoms with Gasteiger partial charge in [0.2, 0.25) is 5.91 Å². The molecule has 142 valence electrons. The molecule has 1 saturated carbocycles. The maximum Gasteiger partial charge on any atom is 0.252 e. The zero-order valence-corrected chi connectivity index (χ0v) is 15.9. The predicted molar refractivity (Wildman–Crippen MR) is 109 cm³/mol. The molecular formula is C23H23N3O2. The lowest BCUT2D eigenvalue weighted by Gasteiger charge is -2.32. The van der Waals surface area contributed by atoms with Crippen LogP contribution in [-0.4, -0.2) is 22.4 Å². The SMILES string of the molecule is C[C@]1(c2ccc(-c3cc(C4CC4)c4cccnc4c3)[nH]c2=O)CCCNC1=O. The van der Waals surface area contributed by atoms with Crippen LogP contribution in [-0.2, 0) is 10.2 Å². The summed E-state index contributed by atoms with van der Waals surface area (Å²) in [6.45, 7) is 2.54. The van der Waals surface area contributed by atoms with E-state index in [-0.39, 0.29) is 11.5 Å². The molecule has 1 aliphatic heterocycles. The van der Waals surface area contributed by atoms with Gasteiger partial charge in [0.15, 0.2) is 0 Å². The minimum atomic E-state index is -0.769. The Morgan fingerprint density at radius 1 is 1.14 bits per heavy atom. The minimum absolute atomic E-state index is 0.0667. The summed E-state index contributed by atoms with van der Waals surface area (Å²) in [5.74, 6) is 0.519. The molecule has 3 heterocycles. The van der Waals surface area contributed by atoms with E-state index >= 15 is 0 Å². The van der Waals surface area contributed by atoms with E-state index in [1.807, 2.05) is 31.2 Å². The number of aromatic amines is 1. The Kier molecular flexibility index (Phi) is 3.86. The number of piperidine rings is 1. The smallest absolute Gasteiger partial charge is 0.252 e. The average Bonchev–Trinajstić information content (AvgIpc) is 3.54. The molecule has 1 amide bonds. The van der Waals surface area contributed by atoms with Crippen LogP contribution in [0.1, 0.15) is 49.7 Å². The van der Waals surface area contributed by atoms with Crippen LogP contribution in [0.2, 0.25) is 0 Å². The number of hydrogen-bond donors (Lipinski definition) is 2. The molecule has 1 aliphatic carbocycles. The highest BCUT2D eigenvalue weighted by Crippen LogP contribution is 2.44. The van der Waals surface area contributed by atoms with Gasteiger partial charge in [0.1, 0.15) is 0 Å². The monoisotopic (exact) mass is 373 g/mol. The van der Waals surface area contributed by atoms with Gasteiger partial charge in [-0.1, -0.05) is 12.1 Å². The molecule has 0 spiro atoms. The quantitative estimate of drug-likeness (QED) is 0.736. The fourth-order valence-electron chi connectivity index (χ4n) is 4.38. The molecular weight excluding hydrogens is 350 g/mol. The first-order valence-corrected chi connectivity index (χ1v) is 9.97. The van der Waals surface area contributed by atoms with E-state index in [0.717, 1.165) is 23.2 Å². The molecule has 3 aromatic rings. The fourth-order valence-corrected chi connectivity index (χ4v) is 4.38. The van der Waals surface area contributed by atoms with E-state index in [1.165, 1.54) is 23.8 Å². The number of fused-ring (bicyclic) bond motifs is 1. The van der Waals surface area contributed by atoms with E-state index in [4.69, 9.17) is 0 Å². The highest BCUT2D eigenvalue weighted by atomic mass is 16.2. The van der Waals surface area contributed by atoms with Crippen molar-refractivity contribution in [3.63, 3.8) is 0 Å². The van der Waals surface area contributed by atoms with Crippen LogP contribution < -0.4 is 10.9 Å². The summed E-state index contributed by atoms with van der Waals surface area (Å²) in [5.41, 5.74) is 3.57. The molecule has 5 nitrogen and oxygen atoms in total. The Labute approximate surface area is 163 Å². The van der Waals surface area contributed by atoms with Gasteiger partial charge in [-0.2, -0.15) is 0 Å². The second kappa shape index (κ2) is 6.30. The third-order valence-electron chi connectivity index (χ3n) is 6.23. The van der Waals surface area contributed by atoms with Gasteiger partial charge in [0.05, 0.1) is 10.9 Å². The summed E-state index contributed by atoms with van der Waals surface area (Å²) in [7, 11) is 0. The van der Waals surface area contributed by atoms with Crippen LogP contribution in [0.4, 0.5) is 0 Å². The standard InChI is InChI=1S/C23H23N3O2/c1-23(9-3-11-25-22(23)28)18-7-8-19(26-21(18)27)15-12-17(14-5-6-14)16-4-2-10-24-20(16)13-15/h2,4,7-8,10,12-14H,3,5-6,9,11H2,1H3,(H,25,28)(H,26,27)/t23-/m1/s1. The molecule has 1 aromatic carbocycles. The van der Waals surface area contributed by atoms with Crippen LogP contribution in [0.15, 0.2) is 47.4 Å². The number of pyridine rings is 2. The molecule has 2 fully saturated rings. The molecule has 5 rings (SSSR count). The van der Waals surface area contributed by atoms with E-state index in [2.05, 4.69) is 27.4 Å². The van der Waals surface area contributed by atoms with Crippen LogP contribution in [0.5, 0.6) is 0 Å². The fraction of sp³-hybridized carbons (Fsp3) is 0.348. The Morgan fingerprint density at radius 3 is 2.75 bits per heavy atom. The lowest BCUT2D eigenvalue weighted by Crippen LogP contribution is -2.49. The molecule has 2 aliphatic rings. The van der Waals surface area contributed by atoms with Crippen molar-refractivity contribution >= 4 is 16.8 Å². The van der Waals surface area contributed by atoms with Gasteiger partial charge in [-0.25, -0.2) is 0 Å². The van der Waals surface area contributed by atoms with Crippen molar-refractivity contribution in [2.24, 2.45) is 0 Å². The molecule has 2 N–H and O–H groups in total. The van der Waals surface area contributed by atoms with Crippen molar-refractivity contribution in [1.82, 2.24) is 15.3 Å². The molecule has 0 radical (unpaired) electrons. The van der Waals surface area contributed by atoms with Crippen molar-refractivity contribution in [2.75, 3.05) is 6.54 Å². The van der Waals surface area contributed by atoms with Crippen LogP contribution in [0, 0.1) is 0 Å². The Balaban J connectivity index is 1.60. The molecule has 0 unspecified atom stereocenters. The second-order valence-corrected chi connectivity index (χ2v) is 8.22. The summed E-state index contributed by atoms with van der Waals surface area (Å²) < 4.78 is 0. The van der Waals surface area contributed by atoms with E-state index < -0.39 is 5.41 Å². The zero-order valence-electron chi connectivity index (χ0n) is 15.9. The molecule has 2 aromatic heterocycles. The Hall–Kier alpha value is -2.95. The topological polar surface area (TPSA) is 74.8 Å². The normalized spacial score (nSPS) is 22.2. The van der Waals surface area contributed by atoms with E-state index in [0.29, 0.717) is 24.4 Å². The first-order chi connectivity index (χ1) is 13.6. The summed E-state index contributed by atoms with van der Waals surface area (Å²) >= 11 is 0. The number of benzene rings is 1. The first kappa shape index (κ1) is 17.2. The zero-order chi connectivity index (χ0) is 19.3. The number of carbonyl (C=O) groups excluding carboxylic acids is 1. The number of nitrogens with zero attached hydrogens (tertiary/aromatic N) is 1. The lowest BCUT2D eigenvalue weighted by molar-refractivity contribution is -0.128. The highest BCUT2D eigenvalue weighted by molar-refractivity contribution is 5.89. The molecule has 5 heteroatoms. The number of carbonyl (C=O) groups is 1. The molecule has 1 atom stereocenters. The Bertz CT molecular complexity index is 1150. The Morgan fingerprint density at radius 2 is 2.00 bits per heavy atom. The average molecular weight is 373 g/mol. The van der Waals surface area contributed by atoms with Gasteiger partial charge in [0, 0.05) is 34.9 Å². The van der Waals surface area contributed by atoms with Crippen molar-refractivity contribution in [3.8, 4) is 11.3 Å². The second-order valence-electron chi connectivity index (χ2n) is 8.22. The van der Waals surface area contributed by atoms with Crippen molar-refractivity contribution < 1.29 is 4.79 Å². The van der Waals surface area contributed by atoms with Crippen molar-refractivity contribution in [2.45, 2.75) is 43.9 Å². The molecule has 28 heavy (non-hydrogen) atoms. The summed E-state index contributed by atoms with van der Waals surface area (Å²) in [4.78, 5) is 32.9. The highest BCUT2D eigenvalue weighted by Gasteiger charge is 2.39. The van der Waals surface area contributed by atoms with Gasteiger partial charge in [-0.05, 0) is 68.4 Å². The lowest BCUT2D eigenvalue weighted by atomic mass is 9.76. The number of aromatic nitrogens is 2. The van der Waals surface area contributed by atoms with Crippen LogP contribution in [0.3, 0.4) is 0 Å². The number of amides is 1. The van der Waals surface area contributed by atoms with Gasteiger partial charge in [0.25, 0.3) is 5.56 Å². The van der Waals surface area contributed by atoms with E-state index in [1.54, 1.807) is 6.20 Å². The van der Waals surface area contributed by atoms with E-state index in [9.17, 15) is 9.59 Å². The number of hydrogen-bond acceptors (Lipinski definition) is 3. The van der Waals surface area contributed by atoms with Crippen molar-refractivity contribution in [1.29, 1.82) is 0 Å². The largest absolute Gasteiger partial charge is 0.355 e. The van der Waals surface area contributed by atoms with Crippen LogP contribution >= 0.6 is 0 Å². The van der Waals surface area contributed by atoms with Crippen molar-refractivity contribution in [3.05, 3.63) is 64.1 Å². The minimum Gasteiger partial charge on any atom is -0.355 e. The maximum absolute atomic E-state index is 12.9.